The van der Waals surface area contributed by atoms with E-state index in [1.165, 1.54) is 18.2 Å². The van der Waals surface area contributed by atoms with Crippen LogP contribution in [-0.2, 0) is 0 Å². The third-order valence-corrected chi connectivity index (χ3v) is 4.10. The summed E-state index contributed by atoms with van der Waals surface area (Å²) < 4.78 is 14.2. The average molecular weight is 454 g/mol. The number of hydrogen-bond acceptors (Lipinski definition) is 1. The van der Waals surface area contributed by atoms with E-state index in [2.05, 4.69) is 43.8 Å². The summed E-state index contributed by atoms with van der Waals surface area (Å²) in [5.41, 5.74) is 1.04. The van der Waals surface area contributed by atoms with Gasteiger partial charge in [-0.05, 0) is 74.9 Å². The molecule has 0 saturated carbocycles. The quantitative estimate of drug-likeness (QED) is 0.629. The number of rotatable bonds is 2. The van der Waals surface area contributed by atoms with E-state index in [0.717, 1.165) is 3.57 Å². The molecule has 0 aliphatic carbocycles. The molecule has 2 rings (SSSR count). The van der Waals surface area contributed by atoms with Crippen LogP contribution in [-0.4, -0.2) is 5.91 Å². The van der Waals surface area contributed by atoms with Crippen LogP contribution in [0.15, 0.2) is 40.9 Å². The predicted octanol–water partition coefficient (Wildman–Crippen LogP) is 5.10. The minimum absolute atomic E-state index is 0.256. The SMILES string of the molecule is O=C(Nc1ccc(Cl)cc1I)c1ccc(F)c(Br)c1. The van der Waals surface area contributed by atoms with Gasteiger partial charge in [-0.1, -0.05) is 11.6 Å². The molecule has 0 saturated heterocycles. The molecule has 0 aromatic heterocycles. The van der Waals surface area contributed by atoms with Gasteiger partial charge in [-0.2, -0.15) is 0 Å². The van der Waals surface area contributed by atoms with Crippen molar-refractivity contribution >= 4 is 61.7 Å². The minimum atomic E-state index is -0.405. The van der Waals surface area contributed by atoms with Crippen LogP contribution in [0.4, 0.5) is 10.1 Å². The third-order valence-electron chi connectivity index (χ3n) is 2.36. The number of carbonyl (C=O) groups is 1. The zero-order chi connectivity index (χ0) is 14.0. The third kappa shape index (κ3) is 3.67. The zero-order valence-electron chi connectivity index (χ0n) is 9.38. The molecule has 0 heterocycles. The van der Waals surface area contributed by atoms with Crippen molar-refractivity contribution in [1.82, 2.24) is 0 Å². The summed E-state index contributed by atoms with van der Waals surface area (Å²) in [4.78, 5) is 12.0. The Bertz CT molecular complexity index is 651. The maximum atomic E-state index is 13.1. The summed E-state index contributed by atoms with van der Waals surface area (Å²) in [6.45, 7) is 0. The molecule has 1 N–H and O–H groups in total. The molecule has 0 bridgehead atoms. The molecule has 98 valence electrons. The Morgan fingerprint density at radius 1 is 1.26 bits per heavy atom. The summed E-state index contributed by atoms with van der Waals surface area (Å²) in [7, 11) is 0. The van der Waals surface area contributed by atoms with Crippen LogP contribution in [0.25, 0.3) is 0 Å². The zero-order valence-corrected chi connectivity index (χ0v) is 13.9. The molecule has 0 unspecified atom stereocenters. The van der Waals surface area contributed by atoms with Crippen molar-refractivity contribution in [3.8, 4) is 0 Å². The number of anilines is 1. The highest BCUT2D eigenvalue weighted by atomic mass is 127. The van der Waals surface area contributed by atoms with Crippen molar-refractivity contribution < 1.29 is 9.18 Å². The molecule has 0 spiro atoms. The van der Waals surface area contributed by atoms with Gasteiger partial charge < -0.3 is 5.32 Å². The number of amides is 1. The fourth-order valence-corrected chi connectivity index (χ4v) is 2.81. The number of benzene rings is 2. The molecule has 2 nitrogen and oxygen atoms in total. The molecular weight excluding hydrogens is 447 g/mol. The first kappa shape index (κ1) is 14.7. The van der Waals surface area contributed by atoms with Crippen LogP contribution in [0.5, 0.6) is 0 Å². The lowest BCUT2D eigenvalue weighted by Gasteiger charge is -2.08. The molecule has 1 amide bonds. The lowest BCUT2D eigenvalue weighted by Crippen LogP contribution is -2.12. The first-order chi connectivity index (χ1) is 8.97. The topological polar surface area (TPSA) is 29.1 Å². The van der Waals surface area contributed by atoms with Crippen LogP contribution in [0.2, 0.25) is 5.02 Å². The second-order valence-electron chi connectivity index (χ2n) is 3.71. The van der Waals surface area contributed by atoms with E-state index in [1.54, 1.807) is 18.2 Å². The standard InChI is InChI=1S/C13H7BrClFINO/c14-9-5-7(1-3-10(9)16)13(19)18-12-4-2-8(15)6-11(12)17/h1-6H,(H,18,19). The number of carbonyl (C=O) groups excluding carboxylic acids is 1. The summed E-state index contributed by atoms with van der Waals surface area (Å²) in [6.07, 6.45) is 0. The molecule has 0 aliphatic rings. The Morgan fingerprint density at radius 3 is 2.63 bits per heavy atom. The van der Waals surface area contributed by atoms with E-state index in [9.17, 15) is 9.18 Å². The normalized spacial score (nSPS) is 10.3. The van der Waals surface area contributed by atoms with E-state index in [-0.39, 0.29) is 10.4 Å². The van der Waals surface area contributed by atoms with Gasteiger partial charge in [0.1, 0.15) is 5.82 Å². The van der Waals surface area contributed by atoms with E-state index >= 15 is 0 Å². The molecule has 6 heteroatoms. The Balaban J connectivity index is 2.23. The van der Waals surface area contributed by atoms with Crippen LogP contribution in [0, 0.1) is 9.39 Å². The van der Waals surface area contributed by atoms with E-state index in [0.29, 0.717) is 16.3 Å². The van der Waals surface area contributed by atoms with Gasteiger partial charge in [0.15, 0.2) is 0 Å². The Morgan fingerprint density at radius 2 is 2.00 bits per heavy atom. The molecule has 0 fully saturated rings. The van der Waals surface area contributed by atoms with Crippen LogP contribution in [0.3, 0.4) is 0 Å². The molecule has 0 radical (unpaired) electrons. The fourth-order valence-electron chi connectivity index (χ4n) is 1.42. The number of hydrogen-bond donors (Lipinski definition) is 1. The average Bonchev–Trinajstić information content (AvgIpc) is 2.36. The molecule has 2 aromatic carbocycles. The Hall–Kier alpha value is -0.660. The molecular formula is C13H7BrClFINO. The first-order valence-corrected chi connectivity index (χ1v) is 7.44. The van der Waals surface area contributed by atoms with Crippen molar-refractivity contribution in [2.45, 2.75) is 0 Å². The molecule has 0 atom stereocenters. The maximum absolute atomic E-state index is 13.1. The van der Waals surface area contributed by atoms with Crippen molar-refractivity contribution in [3.63, 3.8) is 0 Å². The second kappa shape index (κ2) is 6.19. The molecule has 2 aromatic rings. The van der Waals surface area contributed by atoms with Gasteiger partial charge in [0.2, 0.25) is 0 Å². The van der Waals surface area contributed by atoms with Crippen molar-refractivity contribution in [1.29, 1.82) is 0 Å². The highest BCUT2D eigenvalue weighted by Crippen LogP contribution is 2.23. The van der Waals surface area contributed by atoms with E-state index < -0.39 is 5.82 Å². The summed E-state index contributed by atoms with van der Waals surface area (Å²) >= 11 is 11.0. The van der Waals surface area contributed by atoms with Gasteiger partial charge in [-0.3, -0.25) is 4.79 Å². The van der Waals surface area contributed by atoms with Gasteiger partial charge >= 0.3 is 0 Å². The highest BCUT2D eigenvalue weighted by Gasteiger charge is 2.10. The van der Waals surface area contributed by atoms with E-state index in [4.69, 9.17) is 11.6 Å². The van der Waals surface area contributed by atoms with Gasteiger partial charge in [-0.15, -0.1) is 0 Å². The van der Waals surface area contributed by atoms with Gasteiger partial charge in [0.05, 0.1) is 10.2 Å². The maximum Gasteiger partial charge on any atom is 0.255 e. The molecule has 19 heavy (non-hydrogen) atoms. The van der Waals surface area contributed by atoms with Crippen LogP contribution >= 0.6 is 50.1 Å². The van der Waals surface area contributed by atoms with Crippen LogP contribution in [0.1, 0.15) is 10.4 Å². The number of halogens is 4. The fraction of sp³-hybridized carbons (Fsp3) is 0. The van der Waals surface area contributed by atoms with E-state index in [1.807, 2.05) is 0 Å². The first-order valence-electron chi connectivity index (χ1n) is 5.19. The lowest BCUT2D eigenvalue weighted by molar-refractivity contribution is 0.102. The smallest absolute Gasteiger partial charge is 0.255 e. The van der Waals surface area contributed by atoms with Crippen molar-refractivity contribution in [2.75, 3.05) is 5.32 Å². The van der Waals surface area contributed by atoms with Crippen LogP contribution < -0.4 is 5.32 Å². The summed E-state index contributed by atoms with van der Waals surface area (Å²) in [6, 6.07) is 9.27. The van der Waals surface area contributed by atoms with Gasteiger partial charge in [0.25, 0.3) is 5.91 Å². The second-order valence-corrected chi connectivity index (χ2v) is 6.16. The summed E-state index contributed by atoms with van der Waals surface area (Å²) in [5, 5.41) is 3.36. The summed E-state index contributed by atoms with van der Waals surface area (Å²) in [5.74, 6) is -0.710. The van der Waals surface area contributed by atoms with Crippen molar-refractivity contribution in [2.24, 2.45) is 0 Å². The Kier molecular flexibility index (Phi) is 4.81. The monoisotopic (exact) mass is 453 g/mol. The van der Waals surface area contributed by atoms with Gasteiger partial charge in [-0.25, -0.2) is 4.39 Å². The van der Waals surface area contributed by atoms with Gasteiger partial charge in [0, 0.05) is 14.2 Å². The molecule has 0 aliphatic heterocycles. The predicted molar refractivity (Wildman–Crippen MR) is 86.2 cm³/mol. The lowest BCUT2D eigenvalue weighted by atomic mass is 10.2. The highest BCUT2D eigenvalue weighted by molar-refractivity contribution is 14.1. The largest absolute Gasteiger partial charge is 0.321 e. The van der Waals surface area contributed by atoms with Crippen molar-refractivity contribution in [3.05, 3.63) is 60.8 Å². The Labute approximate surface area is 136 Å². The number of nitrogens with one attached hydrogen (secondary N) is 1. The minimum Gasteiger partial charge on any atom is -0.321 e.